The van der Waals surface area contributed by atoms with E-state index < -0.39 is 0 Å². The molecule has 2 N–H and O–H groups in total. The fourth-order valence-corrected chi connectivity index (χ4v) is 3.01. The summed E-state index contributed by atoms with van der Waals surface area (Å²) >= 11 is 0. The van der Waals surface area contributed by atoms with Crippen LogP contribution in [0.2, 0.25) is 0 Å². The van der Waals surface area contributed by atoms with Gasteiger partial charge in [0.1, 0.15) is 0 Å². The highest BCUT2D eigenvalue weighted by atomic mass is 15.2. The minimum absolute atomic E-state index is 0.461. The Morgan fingerprint density at radius 3 is 2.42 bits per heavy atom. The Kier molecular flexibility index (Phi) is 1.92. The molecule has 0 radical (unpaired) electrons. The molecule has 0 aromatic rings. The van der Waals surface area contributed by atoms with Crippen LogP contribution in [0.5, 0.6) is 0 Å². The van der Waals surface area contributed by atoms with E-state index in [9.17, 15) is 0 Å². The molecule has 4 atom stereocenters. The first-order valence-corrected chi connectivity index (χ1v) is 5.12. The SMILES string of the molecule is CC(C)N1C[C@@H]2[C@@H](N)[C@H]1C[C@H]2C. The predicted molar refractivity (Wildman–Crippen MR) is 50.9 cm³/mol. The van der Waals surface area contributed by atoms with Crippen molar-refractivity contribution in [3.8, 4) is 0 Å². The van der Waals surface area contributed by atoms with Gasteiger partial charge in [0.05, 0.1) is 0 Å². The van der Waals surface area contributed by atoms with Crippen molar-refractivity contribution in [2.45, 2.75) is 45.3 Å². The number of nitrogens with two attached hydrogens (primary N) is 1. The first-order valence-electron chi connectivity index (χ1n) is 5.12. The lowest BCUT2D eigenvalue weighted by Crippen LogP contribution is -2.42. The van der Waals surface area contributed by atoms with Crippen molar-refractivity contribution in [3.63, 3.8) is 0 Å². The highest BCUT2D eigenvalue weighted by molar-refractivity contribution is 5.05. The maximum atomic E-state index is 6.16. The third kappa shape index (κ3) is 1.01. The molecule has 12 heavy (non-hydrogen) atoms. The molecule has 2 nitrogen and oxygen atoms in total. The molecule has 1 saturated carbocycles. The van der Waals surface area contributed by atoms with Crippen LogP contribution in [0.3, 0.4) is 0 Å². The minimum atomic E-state index is 0.461. The lowest BCUT2D eigenvalue weighted by atomic mass is 9.95. The third-order valence-electron chi connectivity index (χ3n) is 3.79. The van der Waals surface area contributed by atoms with E-state index in [1.165, 1.54) is 13.0 Å². The first kappa shape index (κ1) is 8.52. The Bertz CT molecular complexity index is 179. The summed E-state index contributed by atoms with van der Waals surface area (Å²) in [4.78, 5) is 2.58. The average molecular weight is 168 g/mol. The molecule has 1 aliphatic heterocycles. The number of piperidine rings is 1. The Morgan fingerprint density at radius 1 is 1.42 bits per heavy atom. The molecule has 2 rings (SSSR count). The fraction of sp³-hybridized carbons (Fsp3) is 1.00. The average Bonchev–Trinajstić information content (AvgIpc) is 2.42. The van der Waals surface area contributed by atoms with Gasteiger partial charge in [-0.3, -0.25) is 4.90 Å². The van der Waals surface area contributed by atoms with Crippen LogP contribution >= 0.6 is 0 Å². The molecule has 70 valence electrons. The van der Waals surface area contributed by atoms with Crippen LogP contribution in [-0.2, 0) is 0 Å². The largest absolute Gasteiger partial charge is 0.326 e. The standard InChI is InChI=1S/C10H20N2/c1-6(2)12-5-8-7(3)4-9(12)10(8)11/h6-10H,4-5,11H2,1-3H3/t7-,8+,9-,10-/m1/s1. The van der Waals surface area contributed by atoms with Crippen molar-refractivity contribution in [1.29, 1.82) is 0 Å². The fourth-order valence-electron chi connectivity index (χ4n) is 3.01. The van der Waals surface area contributed by atoms with E-state index in [1.807, 2.05) is 0 Å². The molecule has 2 aliphatic rings. The number of hydrogen-bond acceptors (Lipinski definition) is 2. The molecule has 1 heterocycles. The summed E-state index contributed by atoms with van der Waals surface area (Å²) in [6.07, 6.45) is 1.32. The van der Waals surface area contributed by atoms with Crippen LogP contribution in [0.1, 0.15) is 27.2 Å². The smallest absolute Gasteiger partial charge is 0.0255 e. The quantitative estimate of drug-likeness (QED) is 0.634. The van der Waals surface area contributed by atoms with Gasteiger partial charge in [0.25, 0.3) is 0 Å². The molecule has 0 aromatic heterocycles. The molecular formula is C10H20N2. The van der Waals surface area contributed by atoms with Crippen LogP contribution in [-0.4, -0.2) is 29.6 Å². The topological polar surface area (TPSA) is 29.3 Å². The van der Waals surface area contributed by atoms with E-state index in [-0.39, 0.29) is 0 Å². The highest BCUT2D eigenvalue weighted by Crippen LogP contribution is 2.41. The predicted octanol–water partition coefficient (Wildman–Crippen LogP) is 1.06. The van der Waals surface area contributed by atoms with E-state index in [2.05, 4.69) is 25.7 Å². The zero-order valence-corrected chi connectivity index (χ0v) is 8.33. The maximum absolute atomic E-state index is 6.16. The van der Waals surface area contributed by atoms with Gasteiger partial charge in [-0.05, 0) is 32.1 Å². The normalized spacial score (nSPS) is 47.8. The Morgan fingerprint density at radius 2 is 2.08 bits per heavy atom. The summed E-state index contributed by atoms with van der Waals surface area (Å²) in [7, 11) is 0. The molecule has 0 amide bonds. The highest BCUT2D eigenvalue weighted by Gasteiger charge is 2.49. The van der Waals surface area contributed by atoms with Gasteiger partial charge in [-0.25, -0.2) is 0 Å². The molecule has 0 unspecified atom stereocenters. The van der Waals surface area contributed by atoms with Gasteiger partial charge in [0.15, 0.2) is 0 Å². The number of likely N-dealkylation sites (tertiary alicyclic amines) is 1. The third-order valence-corrected chi connectivity index (χ3v) is 3.79. The second-order valence-corrected chi connectivity index (χ2v) is 4.81. The summed E-state index contributed by atoms with van der Waals surface area (Å²) < 4.78 is 0. The molecule has 2 fully saturated rings. The molecule has 1 aliphatic carbocycles. The second kappa shape index (κ2) is 2.71. The zero-order valence-electron chi connectivity index (χ0n) is 8.33. The van der Waals surface area contributed by atoms with E-state index in [4.69, 9.17) is 5.73 Å². The van der Waals surface area contributed by atoms with Crippen LogP contribution in [0.15, 0.2) is 0 Å². The number of nitrogens with zero attached hydrogens (tertiary/aromatic N) is 1. The molecule has 2 bridgehead atoms. The van der Waals surface area contributed by atoms with Gasteiger partial charge in [0, 0.05) is 24.7 Å². The zero-order chi connectivity index (χ0) is 8.88. The lowest BCUT2D eigenvalue weighted by Gasteiger charge is -2.32. The van der Waals surface area contributed by atoms with Gasteiger partial charge in [-0.2, -0.15) is 0 Å². The summed E-state index contributed by atoms with van der Waals surface area (Å²) in [6, 6.07) is 1.82. The van der Waals surface area contributed by atoms with Crippen LogP contribution in [0, 0.1) is 11.8 Å². The van der Waals surface area contributed by atoms with Crippen molar-refractivity contribution in [2.24, 2.45) is 17.6 Å². The van der Waals surface area contributed by atoms with Crippen molar-refractivity contribution in [3.05, 3.63) is 0 Å². The first-order chi connectivity index (χ1) is 5.61. The second-order valence-electron chi connectivity index (χ2n) is 4.81. The Balaban J connectivity index is 2.11. The van der Waals surface area contributed by atoms with Crippen LogP contribution < -0.4 is 5.73 Å². The minimum Gasteiger partial charge on any atom is -0.326 e. The van der Waals surface area contributed by atoms with E-state index in [1.54, 1.807) is 0 Å². The van der Waals surface area contributed by atoms with Gasteiger partial charge in [0.2, 0.25) is 0 Å². The van der Waals surface area contributed by atoms with Crippen molar-refractivity contribution in [1.82, 2.24) is 4.90 Å². The lowest BCUT2D eigenvalue weighted by molar-refractivity contribution is 0.144. The van der Waals surface area contributed by atoms with E-state index in [0.717, 1.165) is 11.8 Å². The van der Waals surface area contributed by atoms with Gasteiger partial charge >= 0.3 is 0 Å². The molecule has 0 spiro atoms. The number of rotatable bonds is 1. The monoisotopic (exact) mass is 168 g/mol. The van der Waals surface area contributed by atoms with Crippen LogP contribution in [0.4, 0.5) is 0 Å². The molecule has 2 heteroatoms. The molecule has 0 aromatic carbocycles. The Hall–Kier alpha value is -0.0800. The molecular weight excluding hydrogens is 148 g/mol. The maximum Gasteiger partial charge on any atom is 0.0255 e. The summed E-state index contributed by atoms with van der Waals surface area (Å²) in [5.74, 6) is 1.64. The van der Waals surface area contributed by atoms with Gasteiger partial charge in [-0.15, -0.1) is 0 Å². The summed E-state index contributed by atoms with van der Waals surface area (Å²) in [5.41, 5.74) is 6.16. The van der Waals surface area contributed by atoms with Crippen molar-refractivity contribution < 1.29 is 0 Å². The van der Waals surface area contributed by atoms with Crippen LogP contribution in [0.25, 0.3) is 0 Å². The number of hydrogen-bond donors (Lipinski definition) is 1. The molecule has 1 saturated heterocycles. The summed E-state index contributed by atoms with van der Waals surface area (Å²) in [5, 5.41) is 0. The van der Waals surface area contributed by atoms with E-state index >= 15 is 0 Å². The van der Waals surface area contributed by atoms with E-state index in [0.29, 0.717) is 18.1 Å². The Labute approximate surface area is 75.1 Å². The number of fused-ring (bicyclic) bond motifs is 2. The van der Waals surface area contributed by atoms with Gasteiger partial charge in [-0.1, -0.05) is 6.92 Å². The van der Waals surface area contributed by atoms with Gasteiger partial charge < -0.3 is 5.73 Å². The summed E-state index contributed by atoms with van der Waals surface area (Å²) in [6.45, 7) is 8.14. The van der Waals surface area contributed by atoms with Crippen molar-refractivity contribution >= 4 is 0 Å². The van der Waals surface area contributed by atoms with Crippen molar-refractivity contribution in [2.75, 3.05) is 6.54 Å².